The molecular formula is C22H30BrN3O3. The number of carboxylic acid groups (broad SMARTS) is 1. The predicted molar refractivity (Wildman–Crippen MR) is 121 cm³/mol. The van der Waals surface area contributed by atoms with Gasteiger partial charge in [-0.15, -0.1) is 0 Å². The second kappa shape index (κ2) is 10.1. The molecule has 1 aliphatic heterocycles. The summed E-state index contributed by atoms with van der Waals surface area (Å²) in [6, 6.07) is 5.81. The van der Waals surface area contributed by atoms with E-state index in [1.165, 1.54) is 0 Å². The molecule has 0 unspecified atom stereocenters. The number of halogens is 1. The van der Waals surface area contributed by atoms with Crippen LogP contribution in [-0.4, -0.2) is 46.3 Å². The van der Waals surface area contributed by atoms with Gasteiger partial charge in [0.05, 0.1) is 5.69 Å². The van der Waals surface area contributed by atoms with Crippen molar-refractivity contribution in [2.75, 3.05) is 13.1 Å². The van der Waals surface area contributed by atoms with Crippen molar-refractivity contribution in [1.82, 2.24) is 10.2 Å². The quantitative estimate of drug-likeness (QED) is 0.541. The molecule has 7 heteroatoms. The van der Waals surface area contributed by atoms with Crippen molar-refractivity contribution in [1.29, 1.82) is 0 Å². The maximum Gasteiger partial charge on any atom is 0.405 e. The monoisotopic (exact) mass is 463 g/mol. The van der Waals surface area contributed by atoms with Crippen molar-refractivity contribution in [2.45, 2.75) is 58.9 Å². The van der Waals surface area contributed by atoms with Crippen LogP contribution in [0.2, 0.25) is 0 Å². The number of nitrogens with one attached hydrogen (secondary N) is 1. The summed E-state index contributed by atoms with van der Waals surface area (Å²) in [4.78, 5) is 31.1. The van der Waals surface area contributed by atoms with E-state index in [1.54, 1.807) is 0 Å². The minimum atomic E-state index is -1.07. The third-order valence-electron chi connectivity index (χ3n) is 4.64. The number of aliphatic imine (C=N–C) groups is 1. The van der Waals surface area contributed by atoms with Gasteiger partial charge < -0.3 is 15.3 Å². The topological polar surface area (TPSA) is 82.0 Å². The molecule has 0 atom stereocenters. The van der Waals surface area contributed by atoms with Gasteiger partial charge in [0.2, 0.25) is 5.91 Å². The Morgan fingerprint density at radius 1 is 1.24 bits per heavy atom. The van der Waals surface area contributed by atoms with Gasteiger partial charge >= 0.3 is 6.09 Å². The van der Waals surface area contributed by atoms with Crippen LogP contribution in [0.15, 0.2) is 33.2 Å². The van der Waals surface area contributed by atoms with Crippen LogP contribution >= 0.6 is 15.9 Å². The molecule has 2 rings (SSSR count). The van der Waals surface area contributed by atoms with Crippen LogP contribution in [0, 0.1) is 0 Å². The summed E-state index contributed by atoms with van der Waals surface area (Å²) in [5.74, 6) is 0.0289. The summed E-state index contributed by atoms with van der Waals surface area (Å²) >= 11 is 3.48. The molecule has 0 bridgehead atoms. The zero-order valence-electron chi connectivity index (χ0n) is 17.6. The van der Waals surface area contributed by atoms with E-state index in [2.05, 4.69) is 35.1 Å². The minimum absolute atomic E-state index is 0.0289. The van der Waals surface area contributed by atoms with Crippen molar-refractivity contribution in [3.05, 3.63) is 33.8 Å². The Kier molecular flexibility index (Phi) is 8.02. The lowest BCUT2D eigenvalue weighted by atomic mass is 9.93. The first kappa shape index (κ1) is 23.1. The van der Waals surface area contributed by atoms with E-state index in [0.717, 1.165) is 47.4 Å². The third-order valence-corrected chi connectivity index (χ3v) is 5.13. The summed E-state index contributed by atoms with van der Waals surface area (Å²) in [5, 5.41) is 11.7. The van der Waals surface area contributed by atoms with Gasteiger partial charge in [-0.05, 0) is 44.9 Å². The normalized spacial score (nSPS) is 13.7. The first-order valence-corrected chi connectivity index (χ1v) is 10.8. The zero-order chi connectivity index (χ0) is 21.6. The van der Waals surface area contributed by atoms with E-state index in [9.17, 15) is 9.59 Å². The van der Waals surface area contributed by atoms with E-state index >= 15 is 0 Å². The second-order valence-corrected chi connectivity index (χ2v) is 8.93. The molecule has 0 aliphatic carbocycles. The van der Waals surface area contributed by atoms with Crippen molar-refractivity contribution < 1.29 is 14.7 Å². The van der Waals surface area contributed by atoms with Crippen LogP contribution < -0.4 is 5.32 Å². The molecule has 2 amide bonds. The Labute approximate surface area is 181 Å². The van der Waals surface area contributed by atoms with Gasteiger partial charge in [0.1, 0.15) is 0 Å². The third kappa shape index (κ3) is 6.70. The highest BCUT2D eigenvalue weighted by Gasteiger charge is 2.27. The van der Waals surface area contributed by atoms with Gasteiger partial charge in [-0.3, -0.25) is 9.79 Å². The highest BCUT2D eigenvalue weighted by Crippen LogP contribution is 2.32. The van der Waals surface area contributed by atoms with Gasteiger partial charge in [-0.1, -0.05) is 35.8 Å². The molecule has 2 N–H and O–H groups in total. The average molecular weight is 464 g/mol. The highest BCUT2D eigenvalue weighted by atomic mass is 79.9. The van der Waals surface area contributed by atoms with E-state index in [-0.39, 0.29) is 5.91 Å². The van der Waals surface area contributed by atoms with Gasteiger partial charge in [0, 0.05) is 52.8 Å². The molecule has 1 heterocycles. The molecular weight excluding hydrogens is 434 g/mol. The van der Waals surface area contributed by atoms with Crippen LogP contribution in [0.4, 0.5) is 10.5 Å². The number of fused-ring (bicyclic) bond motifs is 1. The second-order valence-electron chi connectivity index (χ2n) is 8.01. The lowest BCUT2D eigenvalue weighted by Gasteiger charge is -2.26. The first-order valence-electron chi connectivity index (χ1n) is 10.0. The number of hydrogen-bond donors (Lipinski definition) is 2. The maximum absolute atomic E-state index is 13.3. The molecule has 6 nitrogen and oxygen atoms in total. The van der Waals surface area contributed by atoms with Crippen LogP contribution in [0.1, 0.15) is 58.9 Å². The van der Waals surface area contributed by atoms with E-state index in [0.29, 0.717) is 18.4 Å². The summed E-state index contributed by atoms with van der Waals surface area (Å²) in [7, 11) is 0. The Morgan fingerprint density at radius 3 is 2.48 bits per heavy atom. The summed E-state index contributed by atoms with van der Waals surface area (Å²) in [6.07, 6.45) is 3.47. The standard InChI is InChI=1S/C22H30BrN3O3/c1-5-9-26(10-6-2)20(27)16-11-15-7-8-17(23)13-19(15)24-18(12-16)14-22(3,4)25-21(28)29/h7-8,11,13,25H,5-6,9-10,12,14H2,1-4H3,(H,28,29). The Balaban J connectivity index is 2.43. The largest absolute Gasteiger partial charge is 0.465 e. The molecule has 0 fully saturated rings. The van der Waals surface area contributed by atoms with Crippen LogP contribution in [0.3, 0.4) is 0 Å². The fourth-order valence-electron chi connectivity index (χ4n) is 3.55. The molecule has 0 radical (unpaired) electrons. The van der Waals surface area contributed by atoms with E-state index in [4.69, 9.17) is 10.1 Å². The molecule has 1 aromatic carbocycles. The average Bonchev–Trinajstić information content (AvgIpc) is 2.77. The number of nitrogens with zero attached hydrogens (tertiary/aromatic N) is 2. The number of amides is 2. The molecule has 0 aromatic heterocycles. The molecule has 29 heavy (non-hydrogen) atoms. The van der Waals surface area contributed by atoms with E-state index in [1.807, 2.05) is 43.0 Å². The van der Waals surface area contributed by atoms with Gasteiger partial charge in [0.25, 0.3) is 0 Å². The number of benzene rings is 1. The lowest BCUT2D eigenvalue weighted by molar-refractivity contribution is -0.127. The highest BCUT2D eigenvalue weighted by molar-refractivity contribution is 9.10. The molecule has 158 valence electrons. The number of rotatable bonds is 8. The Hall–Kier alpha value is -2.15. The lowest BCUT2D eigenvalue weighted by Crippen LogP contribution is -2.44. The molecule has 0 saturated carbocycles. The van der Waals surface area contributed by atoms with Crippen LogP contribution in [-0.2, 0) is 4.79 Å². The van der Waals surface area contributed by atoms with Crippen molar-refractivity contribution in [2.24, 2.45) is 4.99 Å². The van der Waals surface area contributed by atoms with Crippen molar-refractivity contribution >= 4 is 45.4 Å². The molecule has 0 spiro atoms. The van der Waals surface area contributed by atoms with Gasteiger partial charge in [-0.2, -0.15) is 0 Å². The van der Waals surface area contributed by atoms with Crippen molar-refractivity contribution in [3.8, 4) is 0 Å². The van der Waals surface area contributed by atoms with Gasteiger partial charge in [-0.25, -0.2) is 4.79 Å². The molecule has 0 saturated heterocycles. The Morgan fingerprint density at radius 2 is 1.90 bits per heavy atom. The number of hydrogen-bond acceptors (Lipinski definition) is 3. The fraction of sp³-hybridized carbons (Fsp3) is 0.500. The smallest absolute Gasteiger partial charge is 0.405 e. The number of carbonyl (C=O) groups is 2. The van der Waals surface area contributed by atoms with E-state index < -0.39 is 11.6 Å². The van der Waals surface area contributed by atoms with Crippen molar-refractivity contribution in [3.63, 3.8) is 0 Å². The first-order chi connectivity index (χ1) is 13.6. The predicted octanol–water partition coefficient (Wildman–Crippen LogP) is 5.39. The SMILES string of the molecule is CCCN(CCC)C(=O)C1=Cc2ccc(Br)cc2N=C(CC(C)(C)NC(=O)O)C1. The minimum Gasteiger partial charge on any atom is -0.465 e. The maximum atomic E-state index is 13.3. The summed E-state index contributed by atoms with van der Waals surface area (Å²) in [5.41, 5.74) is 2.46. The van der Waals surface area contributed by atoms with Crippen LogP contribution in [0.5, 0.6) is 0 Å². The summed E-state index contributed by atoms with van der Waals surface area (Å²) in [6.45, 7) is 9.21. The molecule has 1 aliphatic rings. The molecule has 1 aromatic rings. The fourth-order valence-corrected chi connectivity index (χ4v) is 3.89. The Bertz CT molecular complexity index is 825. The summed E-state index contributed by atoms with van der Waals surface area (Å²) < 4.78 is 0.907. The zero-order valence-corrected chi connectivity index (χ0v) is 19.2. The van der Waals surface area contributed by atoms with Crippen LogP contribution in [0.25, 0.3) is 6.08 Å². The van der Waals surface area contributed by atoms with Gasteiger partial charge in [0.15, 0.2) is 0 Å². The number of carbonyl (C=O) groups excluding carboxylic acids is 1.